The van der Waals surface area contributed by atoms with E-state index in [9.17, 15) is 4.79 Å². The van der Waals surface area contributed by atoms with Crippen LogP contribution in [0.15, 0.2) is 59.2 Å². The number of nitrogen functional groups attached to an aromatic ring is 1. The van der Waals surface area contributed by atoms with Crippen molar-refractivity contribution in [1.29, 1.82) is 0 Å². The van der Waals surface area contributed by atoms with Crippen molar-refractivity contribution in [3.05, 3.63) is 70.3 Å². The van der Waals surface area contributed by atoms with Crippen molar-refractivity contribution in [1.82, 2.24) is 15.3 Å². The van der Waals surface area contributed by atoms with E-state index in [0.717, 1.165) is 29.3 Å². The minimum atomic E-state index is -0.260. The van der Waals surface area contributed by atoms with Gasteiger partial charge in [0.2, 0.25) is 5.88 Å². The van der Waals surface area contributed by atoms with Crippen molar-refractivity contribution < 1.29 is 14.3 Å². The maximum Gasteiger partial charge on any atom is 0.255 e. The Morgan fingerprint density at radius 1 is 1.22 bits per heavy atom. The average molecular weight is 497 g/mol. The van der Waals surface area contributed by atoms with Crippen LogP contribution >= 0.6 is 15.9 Å². The zero-order valence-corrected chi connectivity index (χ0v) is 19.3. The van der Waals surface area contributed by atoms with E-state index in [1.807, 2.05) is 36.4 Å². The van der Waals surface area contributed by atoms with Crippen LogP contribution in [-0.4, -0.2) is 35.1 Å². The highest BCUT2D eigenvalue weighted by Crippen LogP contribution is 2.26. The number of hydrogen-bond donors (Lipinski definition) is 2. The molecule has 166 valence electrons. The van der Waals surface area contributed by atoms with E-state index in [-0.39, 0.29) is 23.9 Å². The number of amides is 1. The first-order valence-corrected chi connectivity index (χ1v) is 11.3. The van der Waals surface area contributed by atoms with Crippen LogP contribution in [0.2, 0.25) is 0 Å². The van der Waals surface area contributed by atoms with Crippen molar-refractivity contribution >= 4 is 27.7 Å². The van der Waals surface area contributed by atoms with Crippen molar-refractivity contribution in [3.63, 3.8) is 0 Å². The highest BCUT2D eigenvalue weighted by Gasteiger charge is 2.30. The number of nitrogens with two attached hydrogens (primary N) is 1. The molecule has 0 saturated heterocycles. The molecule has 1 saturated carbocycles. The van der Waals surface area contributed by atoms with Crippen LogP contribution in [0.1, 0.15) is 35.2 Å². The van der Waals surface area contributed by atoms with Gasteiger partial charge in [0.15, 0.2) is 0 Å². The van der Waals surface area contributed by atoms with Gasteiger partial charge >= 0.3 is 0 Å². The van der Waals surface area contributed by atoms with Crippen molar-refractivity contribution in [3.8, 4) is 17.1 Å². The number of carbonyl (C=O) groups is 1. The third kappa shape index (κ3) is 5.26. The number of hydrogen-bond acceptors (Lipinski definition) is 6. The zero-order valence-electron chi connectivity index (χ0n) is 17.8. The molecule has 2 heterocycles. The van der Waals surface area contributed by atoms with E-state index in [1.165, 1.54) is 0 Å². The van der Waals surface area contributed by atoms with E-state index in [1.54, 1.807) is 25.4 Å². The molecule has 1 aliphatic rings. The van der Waals surface area contributed by atoms with Crippen LogP contribution in [-0.2, 0) is 11.3 Å². The number of halogens is 1. The summed E-state index contributed by atoms with van der Waals surface area (Å²) in [7, 11) is 1.56. The van der Waals surface area contributed by atoms with Gasteiger partial charge in [-0.25, -0.2) is 9.97 Å². The topological polar surface area (TPSA) is 99.4 Å². The lowest BCUT2D eigenvalue weighted by molar-refractivity contribution is 0.0272. The molecule has 1 aromatic carbocycles. The summed E-state index contributed by atoms with van der Waals surface area (Å²) in [6, 6.07) is 15.1. The Bertz CT molecular complexity index is 1090. The first-order valence-electron chi connectivity index (χ1n) is 10.5. The van der Waals surface area contributed by atoms with Gasteiger partial charge < -0.3 is 20.5 Å². The molecular formula is C24H25BrN4O3. The molecule has 32 heavy (non-hydrogen) atoms. The van der Waals surface area contributed by atoms with Gasteiger partial charge in [0.05, 0.1) is 37.1 Å². The molecule has 0 radical (unpaired) electrons. The summed E-state index contributed by atoms with van der Waals surface area (Å²) in [6.45, 7) is 0.505. The van der Waals surface area contributed by atoms with Gasteiger partial charge in [-0.2, -0.15) is 0 Å². The molecule has 0 aliphatic heterocycles. The van der Waals surface area contributed by atoms with Crippen LogP contribution in [0, 0.1) is 0 Å². The molecule has 4 rings (SSSR count). The van der Waals surface area contributed by atoms with Crippen molar-refractivity contribution in [2.45, 2.75) is 38.0 Å². The van der Waals surface area contributed by atoms with Crippen LogP contribution in [0.25, 0.3) is 11.3 Å². The quantitative estimate of drug-likeness (QED) is 0.503. The maximum absolute atomic E-state index is 13.0. The SMILES string of the molecule is COc1cccc(-c2cnc(N)c(C(=O)N[C@H]3CCC[C@@H]3OCc3ccc(Br)cc3)c2)n1. The Labute approximate surface area is 195 Å². The van der Waals surface area contributed by atoms with Gasteiger partial charge in [0.1, 0.15) is 5.82 Å². The predicted octanol–water partition coefficient (Wildman–Crippen LogP) is 4.36. The standard InChI is InChI=1S/C24H25BrN4O3/c1-31-22-7-3-4-19(28-22)16-12-18(23(26)27-13-16)24(30)29-20-5-2-6-21(20)32-14-15-8-10-17(25)11-9-15/h3-4,7-13,20-21H,2,5-6,14H2,1H3,(H2,26,27)(H,29,30)/t20-,21-/m0/s1. The third-order valence-electron chi connectivity index (χ3n) is 5.54. The number of aromatic nitrogens is 2. The van der Waals surface area contributed by atoms with Crippen molar-refractivity contribution in [2.75, 3.05) is 12.8 Å². The summed E-state index contributed by atoms with van der Waals surface area (Å²) in [6.07, 6.45) is 4.33. The molecule has 3 aromatic rings. The summed E-state index contributed by atoms with van der Waals surface area (Å²) in [5.41, 5.74) is 8.79. The second-order valence-electron chi connectivity index (χ2n) is 7.71. The third-order valence-corrected chi connectivity index (χ3v) is 6.07. The molecule has 7 nitrogen and oxygen atoms in total. The van der Waals surface area contributed by atoms with E-state index >= 15 is 0 Å². The van der Waals surface area contributed by atoms with Crippen molar-refractivity contribution in [2.24, 2.45) is 0 Å². The van der Waals surface area contributed by atoms with E-state index in [0.29, 0.717) is 29.3 Å². The number of nitrogens with one attached hydrogen (secondary N) is 1. The molecule has 0 bridgehead atoms. The number of methoxy groups -OCH3 is 1. The number of anilines is 1. The van der Waals surface area contributed by atoms with Crippen LogP contribution in [0.4, 0.5) is 5.82 Å². The van der Waals surface area contributed by atoms with E-state index in [2.05, 4.69) is 31.2 Å². The number of rotatable bonds is 7. The first kappa shape index (κ1) is 22.2. The van der Waals surface area contributed by atoms with Gasteiger partial charge in [0.25, 0.3) is 5.91 Å². The molecule has 1 amide bonds. The Hall–Kier alpha value is -2.97. The highest BCUT2D eigenvalue weighted by molar-refractivity contribution is 9.10. The summed E-state index contributed by atoms with van der Waals surface area (Å²) in [4.78, 5) is 21.7. The van der Waals surface area contributed by atoms with Crippen LogP contribution in [0.5, 0.6) is 5.88 Å². The summed E-state index contributed by atoms with van der Waals surface area (Å²) in [5.74, 6) is 0.408. The van der Waals surface area contributed by atoms with E-state index in [4.69, 9.17) is 15.2 Å². The fraction of sp³-hybridized carbons (Fsp3) is 0.292. The molecule has 1 aliphatic carbocycles. The smallest absolute Gasteiger partial charge is 0.255 e. The number of ether oxygens (including phenoxy) is 2. The highest BCUT2D eigenvalue weighted by atomic mass is 79.9. The number of pyridine rings is 2. The summed E-state index contributed by atoms with van der Waals surface area (Å²) < 4.78 is 12.3. The Morgan fingerprint density at radius 2 is 2.03 bits per heavy atom. The van der Waals surface area contributed by atoms with Crippen LogP contribution < -0.4 is 15.8 Å². The normalized spacial score (nSPS) is 17.8. The molecule has 1 fully saturated rings. The molecule has 3 N–H and O–H groups in total. The zero-order chi connectivity index (χ0) is 22.5. The lowest BCUT2D eigenvalue weighted by Gasteiger charge is -2.22. The second-order valence-corrected chi connectivity index (χ2v) is 8.62. The summed E-state index contributed by atoms with van der Waals surface area (Å²) >= 11 is 3.44. The second kappa shape index (κ2) is 10.1. The maximum atomic E-state index is 13.0. The molecule has 0 unspecified atom stereocenters. The molecule has 2 aromatic heterocycles. The summed E-state index contributed by atoms with van der Waals surface area (Å²) in [5, 5.41) is 3.10. The minimum absolute atomic E-state index is 0.0417. The van der Waals surface area contributed by atoms with E-state index < -0.39 is 0 Å². The Kier molecular flexibility index (Phi) is 7.02. The number of nitrogens with zero attached hydrogens (tertiary/aromatic N) is 2. The lowest BCUT2D eigenvalue weighted by Crippen LogP contribution is -2.41. The Balaban J connectivity index is 1.44. The van der Waals surface area contributed by atoms with Gasteiger partial charge in [-0.05, 0) is 49.1 Å². The number of benzene rings is 1. The van der Waals surface area contributed by atoms with Gasteiger partial charge in [0, 0.05) is 22.3 Å². The molecule has 2 atom stereocenters. The minimum Gasteiger partial charge on any atom is -0.481 e. The van der Waals surface area contributed by atoms with Gasteiger partial charge in [-0.3, -0.25) is 4.79 Å². The fourth-order valence-electron chi connectivity index (χ4n) is 3.81. The largest absolute Gasteiger partial charge is 0.481 e. The monoisotopic (exact) mass is 496 g/mol. The first-order chi connectivity index (χ1) is 15.5. The predicted molar refractivity (Wildman–Crippen MR) is 126 cm³/mol. The van der Waals surface area contributed by atoms with Crippen LogP contribution in [0.3, 0.4) is 0 Å². The number of carbonyl (C=O) groups excluding carboxylic acids is 1. The molecule has 8 heteroatoms. The lowest BCUT2D eigenvalue weighted by atomic mass is 10.1. The van der Waals surface area contributed by atoms with Gasteiger partial charge in [-0.15, -0.1) is 0 Å². The van der Waals surface area contributed by atoms with Gasteiger partial charge in [-0.1, -0.05) is 34.1 Å². The molecular weight excluding hydrogens is 472 g/mol. The molecule has 0 spiro atoms. The Morgan fingerprint density at radius 3 is 2.81 bits per heavy atom. The fourth-order valence-corrected chi connectivity index (χ4v) is 4.07. The average Bonchev–Trinajstić information content (AvgIpc) is 3.25.